The van der Waals surface area contributed by atoms with Crippen LogP contribution in [0.15, 0.2) is 71.6 Å². The Kier molecular flexibility index (Phi) is 4.20. The molecule has 0 N–H and O–H groups in total. The van der Waals surface area contributed by atoms with Crippen molar-refractivity contribution in [3.63, 3.8) is 0 Å². The van der Waals surface area contributed by atoms with Gasteiger partial charge in [-0.2, -0.15) is 0 Å². The Morgan fingerprint density at radius 2 is 1.46 bits per heavy atom. The first kappa shape index (κ1) is 16.3. The van der Waals surface area contributed by atoms with E-state index in [0.717, 1.165) is 6.07 Å². The summed E-state index contributed by atoms with van der Waals surface area (Å²) in [5, 5.41) is -0.753. The fourth-order valence-electron chi connectivity index (χ4n) is 2.65. The van der Waals surface area contributed by atoms with Crippen LogP contribution in [-0.2, 0) is 9.84 Å². The number of rotatable bonds is 4. The van der Waals surface area contributed by atoms with Gasteiger partial charge in [0.2, 0.25) is 0 Å². The minimum Gasteiger partial charge on any atom is -0.293 e. The lowest BCUT2D eigenvalue weighted by atomic mass is 10.1. The lowest BCUT2D eigenvalue weighted by Gasteiger charge is -2.14. The first-order valence-corrected chi connectivity index (χ1v) is 8.98. The van der Waals surface area contributed by atoms with Gasteiger partial charge in [-0.25, -0.2) is 12.8 Å². The molecule has 0 saturated heterocycles. The Balaban J connectivity index is 2.12. The van der Waals surface area contributed by atoms with E-state index in [0.29, 0.717) is 5.56 Å². The second-order valence-electron chi connectivity index (χ2n) is 5.51. The molecule has 3 aromatic carbocycles. The van der Waals surface area contributed by atoms with Gasteiger partial charge in [0.25, 0.3) is 0 Å². The van der Waals surface area contributed by atoms with Crippen LogP contribution < -0.4 is 0 Å². The minimum atomic E-state index is -3.95. The molecule has 0 amide bonds. The van der Waals surface area contributed by atoms with Crippen molar-refractivity contribution in [2.75, 3.05) is 0 Å². The Bertz CT molecular complexity index is 1010. The van der Waals surface area contributed by atoms with E-state index in [1.165, 1.54) is 19.1 Å². The highest BCUT2D eigenvalue weighted by atomic mass is 32.2. The predicted octanol–water partition coefficient (Wildman–Crippen LogP) is 4.02. The SMILES string of the molecule is CC(C(=O)c1ccccc1)S(=O)(=O)c1ccc(F)c2ccccc12. The molecule has 0 bridgehead atoms. The Morgan fingerprint density at radius 3 is 2.12 bits per heavy atom. The molecule has 24 heavy (non-hydrogen) atoms. The molecule has 0 aromatic heterocycles. The molecule has 0 heterocycles. The quantitative estimate of drug-likeness (QED) is 0.531. The summed E-state index contributed by atoms with van der Waals surface area (Å²) in [7, 11) is -3.95. The molecule has 0 radical (unpaired) electrons. The van der Waals surface area contributed by atoms with E-state index < -0.39 is 26.7 Å². The molecule has 5 heteroatoms. The minimum absolute atomic E-state index is 0.0312. The van der Waals surface area contributed by atoms with Crippen LogP contribution in [0.4, 0.5) is 4.39 Å². The number of carbonyl (C=O) groups is 1. The van der Waals surface area contributed by atoms with Gasteiger partial charge in [-0.1, -0.05) is 54.6 Å². The summed E-state index contributed by atoms with van der Waals surface area (Å²) in [4.78, 5) is 12.5. The number of halogens is 1. The molecule has 0 aliphatic carbocycles. The van der Waals surface area contributed by atoms with Crippen molar-refractivity contribution in [3.8, 4) is 0 Å². The monoisotopic (exact) mass is 342 g/mol. The third kappa shape index (κ3) is 2.71. The Morgan fingerprint density at radius 1 is 0.875 bits per heavy atom. The van der Waals surface area contributed by atoms with Crippen molar-refractivity contribution in [1.82, 2.24) is 0 Å². The smallest absolute Gasteiger partial charge is 0.189 e. The number of Topliss-reactive ketones (excluding diaryl/α,β-unsaturated/α-hetero) is 1. The summed E-state index contributed by atoms with van der Waals surface area (Å²) in [5.74, 6) is -0.976. The number of carbonyl (C=O) groups excluding carboxylic acids is 1. The number of hydrogen-bond acceptors (Lipinski definition) is 3. The number of benzene rings is 3. The molecule has 3 nitrogen and oxygen atoms in total. The number of fused-ring (bicyclic) bond motifs is 1. The molecular weight excluding hydrogens is 327 g/mol. The van der Waals surface area contributed by atoms with Crippen LogP contribution in [0, 0.1) is 5.82 Å². The molecule has 0 aliphatic heterocycles. The van der Waals surface area contributed by atoms with Gasteiger partial charge in [0, 0.05) is 16.3 Å². The Labute approximate surface area is 139 Å². The van der Waals surface area contributed by atoms with Gasteiger partial charge < -0.3 is 0 Å². The summed E-state index contributed by atoms with van der Waals surface area (Å²) in [5.41, 5.74) is 0.333. The lowest BCUT2D eigenvalue weighted by Crippen LogP contribution is -2.27. The van der Waals surface area contributed by atoms with E-state index in [1.807, 2.05) is 0 Å². The van der Waals surface area contributed by atoms with Gasteiger partial charge in [0.05, 0.1) is 4.90 Å². The molecule has 3 rings (SSSR count). The second-order valence-corrected chi connectivity index (χ2v) is 7.75. The highest BCUT2D eigenvalue weighted by Crippen LogP contribution is 2.29. The van der Waals surface area contributed by atoms with Crippen molar-refractivity contribution < 1.29 is 17.6 Å². The maximum absolute atomic E-state index is 13.9. The van der Waals surface area contributed by atoms with Gasteiger partial charge in [0.1, 0.15) is 11.1 Å². The molecule has 3 aromatic rings. The van der Waals surface area contributed by atoms with Crippen molar-refractivity contribution in [2.24, 2.45) is 0 Å². The van der Waals surface area contributed by atoms with Gasteiger partial charge >= 0.3 is 0 Å². The van der Waals surface area contributed by atoms with Crippen LogP contribution in [0.5, 0.6) is 0 Å². The molecule has 0 aliphatic rings. The average Bonchev–Trinajstić information content (AvgIpc) is 2.61. The fourth-order valence-corrected chi connectivity index (χ4v) is 4.19. The van der Waals surface area contributed by atoms with Crippen molar-refractivity contribution in [1.29, 1.82) is 0 Å². The van der Waals surface area contributed by atoms with Crippen molar-refractivity contribution >= 4 is 26.4 Å². The van der Waals surface area contributed by atoms with Gasteiger partial charge in [-0.15, -0.1) is 0 Å². The van der Waals surface area contributed by atoms with Gasteiger partial charge in [-0.05, 0) is 19.1 Å². The number of ketones is 1. The second kappa shape index (κ2) is 6.17. The highest BCUT2D eigenvalue weighted by molar-refractivity contribution is 7.93. The zero-order valence-corrected chi connectivity index (χ0v) is 13.8. The first-order chi connectivity index (χ1) is 11.4. The molecule has 122 valence electrons. The maximum atomic E-state index is 13.9. The normalized spacial score (nSPS) is 12.9. The maximum Gasteiger partial charge on any atom is 0.189 e. The largest absolute Gasteiger partial charge is 0.293 e. The van der Waals surface area contributed by atoms with E-state index >= 15 is 0 Å². The van der Waals surface area contributed by atoms with Gasteiger partial charge in [-0.3, -0.25) is 4.79 Å². The third-order valence-corrected chi connectivity index (χ3v) is 6.14. The third-order valence-electron chi connectivity index (χ3n) is 4.03. The van der Waals surface area contributed by atoms with Crippen LogP contribution in [0.2, 0.25) is 0 Å². The van der Waals surface area contributed by atoms with E-state index in [4.69, 9.17) is 0 Å². The Hall–Kier alpha value is -2.53. The topological polar surface area (TPSA) is 51.2 Å². The number of hydrogen-bond donors (Lipinski definition) is 0. The molecule has 0 saturated carbocycles. The zero-order chi connectivity index (χ0) is 17.3. The van der Waals surface area contributed by atoms with E-state index in [-0.39, 0.29) is 15.7 Å². The molecule has 1 atom stereocenters. The van der Waals surface area contributed by atoms with Crippen LogP contribution in [0.1, 0.15) is 17.3 Å². The first-order valence-electron chi connectivity index (χ1n) is 7.43. The van der Waals surface area contributed by atoms with Crippen LogP contribution in [0.3, 0.4) is 0 Å². The van der Waals surface area contributed by atoms with E-state index in [2.05, 4.69) is 0 Å². The van der Waals surface area contributed by atoms with Crippen LogP contribution in [0.25, 0.3) is 10.8 Å². The standard InChI is InChI=1S/C19H15FO3S/c1-13(19(21)14-7-3-2-4-8-14)24(22,23)18-12-11-17(20)15-9-5-6-10-16(15)18/h2-13H,1H3. The summed E-state index contributed by atoms with van der Waals surface area (Å²) < 4.78 is 39.8. The van der Waals surface area contributed by atoms with Crippen LogP contribution >= 0.6 is 0 Å². The lowest BCUT2D eigenvalue weighted by molar-refractivity contribution is 0.0991. The summed E-state index contributed by atoms with van der Waals surface area (Å²) in [6, 6.07) is 17.0. The van der Waals surface area contributed by atoms with Gasteiger partial charge in [0.15, 0.2) is 15.6 Å². The molecular formula is C19H15FO3S. The summed E-state index contributed by atoms with van der Waals surface area (Å²) in [6.45, 7) is 1.36. The zero-order valence-electron chi connectivity index (χ0n) is 12.9. The number of sulfone groups is 1. The average molecular weight is 342 g/mol. The van der Waals surface area contributed by atoms with Crippen LogP contribution in [-0.4, -0.2) is 19.5 Å². The summed E-state index contributed by atoms with van der Waals surface area (Å²) >= 11 is 0. The summed E-state index contributed by atoms with van der Waals surface area (Å²) in [6.07, 6.45) is 0. The van der Waals surface area contributed by atoms with E-state index in [9.17, 15) is 17.6 Å². The fraction of sp³-hybridized carbons (Fsp3) is 0.105. The molecule has 1 unspecified atom stereocenters. The molecule has 0 spiro atoms. The molecule has 0 fully saturated rings. The van der Waals surface area contributed by atoms with Crippen molar-refractivity contribution in [2.45, 2.75) is 17.1 Å². The highest BCUT2D eigenvalue weighted by Gasteiger charge is 2.31. The predicted molar refractivity (Wildman–Crippen MR) is 91.3 cm³/mol. The van der Waals surface area contributed by atoms with Crippen molar-refractivity contribution in [3.05, 3.63) is 78.1 Å². The van der Waals surface area contributed by atoms with E-state index in [1.54, 1.807) is 48.5 Å².